The molecule has 11 heavy (non-hydrogen) atoms. The molecular weight excluding hydrogens is 140 g/mol. The maximum atomic E-state index is 5.18. The minimum absolute atomic E-state index is 0.706. The molecular formula is C8H14N2O. The molecule has 0 unspecified atom stereocenters. The van der Waals surface area contributed by atoms with E-state index >= 15 is 0 Å². The maximum Gasteiger partial charge on any atom is 0.0855 e. The first-order valence-corrected chi connectivity index (χ1v) is 3.86. The molecule has 3 heteroatoms. The standard InChI is InChI=1S/C8H14N2O/c1-2-3-9-8-10-4-6-11-7-5-10/h2,8H,1,3-7H2. The van der Waals surface area contributed by atoms with Crippen molar-refractivity contribution >= 4 is 6.34 Å². The van der Waals surface area contributed by atoms with E-state index in [1.54, 1.807) is 6.08 Å². The summed E-state index contributed by atoms with van der Waals surface area (Å²) in [7, 11) is 0. The number of aliphatic imine (C=N–C) groups is 1. The van der Waals surface area contributed by atoms with E-state index < -0.39 is 0 Å². The average molecular weight is 154 g/mol. The lowest BCUT2D eigenvalue weighted by Gasteiger charge is -2.23. The summed E-state index contributed by atoms with van der Waals surface area (Å²) in [4.78, 5) is 6.30. The normalized spacial score (nSPS) is 19.1. The van der Waals surface area contributed by atoms with Gasteiger partial charge in [-0.25, -0.2) is 0 Å². The molecule has 0 spiro atoms. The summed E-state index contributed by atoms with van der Waals surface area (Å²) in [5.41, 5.74) is 0. The van der Waals surface area contributed by atoms with Crippen LogP contribution < -0.4 is 0 Å². The van der Waals surface area contributed by atoms with Crippen molar-refractivity contribution in [3.8, 4) is 0 Å². The number of rotatable bonds is 3. The van der Waals surface area contributed by atoms with Crippen LogP contribution in [-0.4, -0.2) is 44.1 Å². The molecule has 0 atom stereocenters. The molecule has 0 aromatic rings. The van der Waals surface area contributed by atoms with Gasteiger partial charge in [0.05, 0.1) is 26.1 Å². The van der Waals surface area contributed by atoms with Crippen molar-refractivity contribution in [2.24, 2.45) is 4.99 Å². The van der Waals surface area contributed by atoms with Gasteiger partial charge < -0.3 is 9.64 Å². The Labute approximate surface area is 67.4 Å². The average Bonchev–Trinajstić information content (AvgIpc) is 2.07. The van der Waals surface area contributed by atoms with Crippen LogP contribution in [0.5, 0.6) is 0 Å². The molecule has 1 heterocycles. The van der Waals surface area contributed by atoms with Gasteiger partial charge in [-0.05, 0) is 0 Å². The monoisotopic (exact) mass is 154 g/mol. The number of ether oxygens (including phenoxy) is 1. The van der Waals surface area contributed by atoms with Gasteiger partial charge in [0.25, 0.3) is 0 Å². The van der Waals surface area contributed by atoms with Crippen molar-refractivity contribution in [3.63, 3.8) is 0 Å². The first-order valence-electron chi connectivity index (χ1n) is 3.86. The summed E-state index contributed by atoms with van der Waals surface area (Å²) < 4.78 is 5.18. The molecule has 1 aliphatic rings. The zero-order chi connectivity index (χ0) is 7.94. The van der Waals surface area contributed by atoms with Crippen LogP contribution >= 0.6 is 0 Å². The zero-order valence-corrected chi connectivity index (χ0v) is 6.70. The van der Waals surface area contributed by atoms with E-state index in [9.17, 15) is 0 Å². The molecule has 0 aliphatic carbocycles. The van der Waals surface area contributed by atoms with Crippen LogP contribution in [0, 0.1) is 0 Å². The van der Waals surface area contributed by atoms with Crippen LogP contribution in [0.25, 0.3) is 0 Å². The second-order valence-electron chi connectivity index (χ2n) is 2.42. The first-order chi connectivity index (χ1) is 5.43. The molecule has 0 N–H and O–H groups in total. The topological polar surface area (TPSA) is 24.8 Å². The molecule has 3 nitrogen and oxygen atoms in total. The number of hydrogen-bond acceptors (Lipinski definition) is 2. The fourth-order valence-electron chi connectivity index (χ4n) is 0.930. The van der Waals surface area contributed by atoms with Gasteiger partial charge in [0, 0.05) is 13.1 Å². The smallest absolute Gasteiger partial charge is 0.0855 e. The molecule has 0 saturated carbocycles. The number of nitrogens with zero attached hydrogens (tertiary/aromatic N) is 2. The van der Waals surface area contributed by atoms with Gasteiger partial charge in [-0.3, -0.25) is 4.99 Å². The fraction of sp³-hybridized carbons (Fsp3) is 0.625. The molecule has 0 aromatic carbocycles. The highest BCUT2D eigenvalue weighted by molar-refractivity contribution is 5.55. The lowest BCUT2D eigenvalue weighted by atomic mass is 10.5. The van der Waals surface area contributed by atoms with Crippen molar-refractivity contribution in [1.82, 2.24) is 4.90 Å². The molecule has 1 fully saturated rings. The van der Waals surface area contributed by atoms with Crippen LogP contribution in [0.1, 0.15) is 0 Å². The van der Waals surface area contributed by atoms with Gasteiger partial charge in [-0.1, -0.05) is 6.08 Å². The third kappa shape index (κ3) is 3.18. The SMILES string of the molecule is C=CCN=CN1CCOCC1. The zero-order valence-electron chi connectivity index (χ0n) is 6.70. The van der Waals surface area contributed by atoms with E-state index in [-0.39, 0.29) is 0 Å². The summed E-state index contributed by atoms with van der Waals surface area (Å²) in [6.07, 6.45) is 3.67. The largest absolute Gasteiger partial charge is 0.378 e. The number of morpholine rings is 1. The molecule has 1 rings (SSSR count). The van der Waals surface area contributed by atoms with Gasteiger partial charge in [0.2, 0.25) is 0 Å². The molecule has 1 saturated heterocycles. The van der Waals surface area contributed by atoms with E-state index in [0.29, 0.717) is 6.54 Å². The highest BCUT2D eigenvalue weighted by Crippen LogP contribution is 1.92. The third-order valence-electron chi connectivity index (χ3n) is 1.53. The minimum Gasteiger partial charge on any atom is -0.378 e. The van der Waals surface area contributed by atoms with Crippen LogP contribution in [0.4, 0.5) is 0 Å². The van der Waals surface area contributed by atoms with Gasteiger partial charge >= 0.3 is 0 Å². The van der Waals surface area contributed by atoms with Gasteiger partial charge in [0.15, 0.2) is 0 Å². The van der Waals surface area contributed by atoms with Crippen LogP contribution in [0.2, 0.25) is 0 Å². The summed E-state index contributed by atoms with van der Waals surface area (Å²) in [6.45, 7) is 7.85. The van der Waals surface area contributed by atoms with Crippen molar-refractivity contribution in [1.29, 1.82) is 0 Å². The highest BCUT2D eigenvalue weighted by Gasteiger charge is 2.04. The minimum atomic E-state index is 0.706. The number of hydrogen-bond donors (Lipinski definition) is 0. The third-order valence-corrected chi connectivity index (χ3v) is 1.53. The lowest BCUT2D eigenvalue weighted by molar-refractivity contribution is 0.0700. The predicted molar refractivity (Wildman–Crippen MR) is 45.9 cm³/mol. The van der Waals surface area contributed by atoms with Crippen molar-refractivity contribution in [2.45, 2.75) is 0 Å². The van der Waals surface area contributed by atoms with E-state index in [2.05, 4.69) is 16.5 Å². The Morgan fingerprint density at radius 3 is 2.82 bits per heavy atom. The summed E-state index contributed by atoms with van der Waals surface area (Å²) in [6, 6.07) is 0. The summed E-state index contributed by atoms with van der Waals surface area (Å²) >= 11 is 0. The maximum absolute atomic E-state index is 5.18. The van der Waals surface area contributed by atoms with Gasteiger partial charge in [-0.15, -0.1) is 6.58 Å². The van der Waals surface area contributed by atoms with E-state index in [4.69, 9.17) is 4.74 Å². The Morgan fingerprint density at radius 1 is 1.45 bits per heavy atom. The second kappa shape index (κ2) is 4.91. The van der Waals surface area contributed by atoms with E-state index in [0.717, 1.165) is 26.3 Å². The quantitative estimate of drug-likeness (QED) is 0.336. The molecule has 0 amide bonds. The Kier molecular flexibility index (Phi) is 3.69. The van der Waals surface area contributed by atoms with E-state index in [1.807, 2.05) is 6.34 Å². The lowest BCUT2D eigenvalue weighted by Crippen LogP contribution is -2.35. The summed E-state index contributed by atoms with van der Waals surface area (Å²) in [5, 5.41) is 0. The van der Waals surface area contributed by atoms with Crippen LogP contribution in [0.15, 0.2) is 17.6 Å². The van der Waals surface area contributed by atoms with Crippen LogP contribution in [-0.2, 0) is 4.74 Å². The predicted octanol–water partition coefficient (Wildman–Crippen LogP) is 0.533. The Balaban J connectivity index is 2.18. The van der Waals surface area contributed by atoms with Crippen molar-refractivity contribution in [2.75, 3.05) is 32.8 Å². The van der Waals surface area contributed by atoms with Crippen molar-refractivity contribution in [3.05, 3.63) is 12.7 Å². The molecule has 1 aliphatic heterocycles. The van der Waals surface area contributed by atoms with Gasteiger partial charge in [-0.2, -0.15) is 0 Å². The second-order valence-corrected chi connectivity index (χ2v) is 2.42. The first kappa shape index (κ1) is 8.27. The summed E-state index contributed by atoms with van der Waals surface area (Å²) in [5.74, 6) is 0. The Morgan fingerprint density at radius 2 is 2.18 bits per heavy atom. The Bertz CT molecular complexity index is 139. The molecule has 0 aromatic heterocycles. The van der Waals surface area contributed by atoms with Gasteiger partial charge in [0.1, 0.15) is 0 Å². The van der Waals surface area contributed by atoms with Crippen molar-refractivity contribution < 1.29 is 4.74 Å². The molecule has 0 radical (unpaired) electrons. The highest BCUT2D eigenvalue weighted by atomic mass is 16.5. The molecule has 62 valence electrons. The fourth-order valence-corrected chi connectivity index (χ4v) is 0.930. The Hall–Kier alpha value is -0.830. The molecule has 0 bridgehead atoms. The van der Waals surface area contributed by atoms with E-state index in [1.165, 1.54) is 0 Å². The van der Waals surface area contributed by atoms with Crippen LogP contribution in [0.3, 0.4) is 0 Å².